The van der Waals surface area contributed by atoms with Crippen molar-refractivity contribution in [2.24, 2.45) is 0 Å². The fraction of sp³-hybridized carbons (Fsp3) is 0.167. The molecule has 0 aliphatic carbocycles. The average molecular weight is 576 g/mol. The number of aromatic nitrogens is 2. The van der Waals surface area contributed by atoms with Crippen molar-refractivity contribution in [2.45, 2.75) is 19.6 Å². The number of hydrogen-bond donors (Lipinski definition) is 3. The number of ketones is 1. The standard InChI is InChI=1S/C19H17NO3S.C11H12N2O2S/c1-23-18-9-13(11-21)7-8-15(18)16-12-24-19(20-16)10-17(22)14-5-3-2-4-6-14;1-15-10-4-7(5-14)2-3-8(10)9-6-16-11(12)13-9/h2-9,12,21H,10-11H2,1H3;2-4,6,14H,5H2,1H3,(H2,12,13). The number of aliphatic hydroxyl groups is 2. The van der Waals surface area contributed by atoms with Gasteiger partial charge in [-0.1, -0.05) is 42.5 Å². The zero-order valence-electron chi connectivity index (χ0n) is 22.0. The van der Waals surface area contributed by atoms with Crippen LogP contribution in [0.2, 0.25) is 0 Å². The van der Waals surface area contributed by atoms with E-state index in [-0.39, 0.29) is 25.4 Å². The molecule has 0 aliphatic rings. The number of nitrogen functional groups attached to an aromatic ring is 1. The van der Waals surface area contributed by atoms with Crippen molar-refractivity contribution in [3.8, 4) is 34.0 Å². The number of aliphatic hydroxyl groups excluding tert-OH is 2. The number of carbonyl (C=O) groups excluding carboxylic acids is 1. The number of thiazole rings is 2. The van der Waals surface area contributed by atoms with E-state index in [1.54, 1.807) is 26.4 Å². The van der Waals surface area contributed by atoms with Crippen LogP contribution in [-0.4, -0.2) is 40.2 Å². The molecule has 0 amide bonds. The number of ether oxygens (including phenoxy) is 2. The maximum absolute atomic E-state index is 12.3. The number of nitrogens with two attached hydrogens (primary N) is 1. The molecule has 0 radical (unpaired) electrons. The second-order valence-corrected chi connectivity index (χ2v) is 10.4. The second-order valence-electron chi connectivity index (χ2n) is 8.55. The third kappa shape index (κ3) is 7.10. The highest BCUT2D eigenvalue weighted by molar-refractivity contribution is 7.13. The van der Waals surface area contributed by atoms with E-state index < -0.39 is 0 Å². The van der Waals surface area contributed by atoms with Crippen LogP contribution < -0.4 is 15.2 Å². The van der Waals surface area contributed by atoms with E-state index in [1.165, 1.54) is 22.7 Å². The molecular formula is C30H29N3O5S2. The number of methoxy groups -OCH3 is 2. The minimum atomic E-state index is -0.0372. The molecule has 2 aromatic heterocycles. The topological polar surface area (TPSA) is 128 Å². The lowest BCUT2D eigenvalue weighted by Gasteiger charge is -2.07. The minimum Gasteiger partial charge on any atom is -0.496 e. The van der Waals surface area contributed by atoms with Crippen molar-refractivity contribution in [3.05, 3.63) is 99.2 Å². The third-order valence-electron chi connectivity index (χ3n) is 5.93. The second kappa shape index (κ2) is 13.8. The average Bonchev–Trinajstić information content (AvgIpc) is 3.66. The Bertz CT molecular complexity index is 1570. The molecule has 206 valence electrons. The van der Waals surface area contributed by atoms with Gasteiger partial charge >= 0.3 is 0 Å². The van der Waals surface area contributed by atoms with E-state index in [0.29, 0.717) is 22.2 Å². The molecule has 4 N–H and O–H groups in total. The van der Waals surface area contributed by atoms with Crippen LogP contribution in [0.5, 0.6) is 11.5 Å². The number of anilines is 1. The number of rotatable bonds is 9. The zero-order valence-corrected chi connectivity index (χ0v) is 23.7. The highest BCUT2D eigenvalue weighted by Crippen LogP contribution is 2.33. The molecule has 0 saturated heterocycles. The van der Waals surface area contributed by atoms with E-state index >= 15 is 0 Å². The van der Waals surface area contributed by atoms with Crippen molar-refractivity contribution in [1.82, 2.24) is 9.97 Å². The summed E-state index contributed by atoms with van der Waals surface area (Å²) in [5, 5.41) is 23.4. The van der Waals surface area contributed by atoms with E-state index in [4.69, 9.17) is 20.3 Å². The van der Waals surface area contributed by atoms with Gasteiger partial charge in [0.25, 0.3) is 0 Å². The molecule has 5 rings (SSSR count). The first-order valence-corrected chi connectivity index (χ1v) is 14.0. The molecular weight excluding hydrogens is 546 g/mol. The summed E-state index contributed by atoms with van der Waals surface area (Å²) >= 11 is 2.85. The van der Waals surface area contributed by atoms with E-state index in [0.717, 1.165) is 38.6 Å². The highest BCUT2D eigenvalue weighted by atomic mass is 32.1. The van der Waals surface area contributed by atoms with Crippen molar-refractivity contribution >= 4 is 33.6 Å². The van der Waals surface area contributed by atoms with Crippen molar-refractivity contribution in [3.63, 3.8) is 0 Å². The molecule has 3 aromatic carbocycles. The predicted molar refractivity (Wildman–Crippen MR) is 159 cm³/mol. The lowest BCUT2D eigenvalue weighted by atomic mass is 10.1. The normalized spacial score (nSPS) is 10.5. The molecule has 0 bridgehead atoms. The lowest BCUT2D eigenvalue weighted by Crippen LogP contribution is -2.02. The minimum absolute atomic E-state index is 0.00412. The maximum atomic E-state index is 12.3. The Morgan fingerprint density at radius 2 is 1.35 bits per heavy atom. The molecule has 5 aromatic rings. The lowest BCUT2D eigenvalue weighted by molar-refractivity contribution is 0.0993. The Morgan fingerprint density at radius 3 is 1.85 bits per heavy atom. The molecule has 40 heavy (non-hydrogen) atoms. The Kier molecular flexibility index (Phi) is 9.98. The summed E-state index contributed by atoms with van der Waals surface area (Å²) in [6.07, 6.45) is 0.283. The van der Waals surface area contributed by atoms with Crippen LogP contribution in [0.3, 0.4) is 0 Å². The molecule has 8 nitrogen and oxygen atoms in total. The summed E-state index contributed by atoms with van der Waals surface area (Å²) in [7, 11) is 3.18. The zero-order chi connectivity index (χ0) is 28.5. The summed E-state index contributed by atoms with van der Waals surface area (Å²) in [4.78, 5) is 21.0. The van der Waals surface area contributed by atoms with Crippen molar-refractivity contribution in [1.29, 1.82) is 0 Å². The van der Waals surface area contributed by atoms with Crippen molar-refractivity contribution in [2.75, 3.05) is 20.0 Å². The fourth-order valence-electron chi connectivity index (χ4n) is 3.88. The van der Waals surface area contributed by atoms with Crippen LogP contribution in [0.25, 0.3) is 22.5 Å². The summed E-state index contributed by atoms with van der Waals surface area (Å²) in [5.41, 5.74) is 11.2. The predicted octanol–water partition coefficient (Wildman–Crippen LogP) is 5.63. The van der Waals surface area contributed by atoms with Gasteiger partial charge in [0.15, 0.2) is 10.9 Å². The molecule has 0 aliphatic heterocycles. The van der Waals surface area contributed by atoms with Gasteiger partial charge in [-0.2, -0.15) is 0 Å². The van der Waals surface area contributed by atoms with Crippen LogP contribution >= 0.6 is 22.7 Å². The Balaban J connectivity index is 0.000000201. The van der Waals surface area contributed by atoms with Crippen LogP contribution in [0.1, 0.15) is 26.5 Å². The van der Waals surface area contributed by atoms with Gasteiger partial charge in [0.05, 0.1) is 45.2 Å². The smallest absolute Gasteiger partial charge is 0.180 e. The van der Waals surface area contributed by atoms with Gasteiger partial charge in [-0.05, 0) is 35.4 Å². The SMILES string of the molecule is COc1cc(CO)ccc1-c1csc(CC(=O)c2ccccc2)n1.COc1cc(CO)ccc1-c1csc(N)n1. The molecule has 10 heteroatoms. The van der Waals surface area contributed by atoms with Crippen LogP contribution in [0.4, 0.5) is 5.13 Å². The summed E-state index contributed by atoms with van der Waals surface area (Å²) in [5.74, 6) is 1.41. The van der Waals surface area contributed by atoms with E-state index in [1.807, 2.05) is 65.4 Å². The highest BCUT2D eigenvalue weighted by Gasteiger charge is 2.14. The first-order valence-electron chi connectivity index (χ1n) is 12.3. The van der Waals surface area contributed by atoms with Gasteiger partial charge in [-0.15, -0.1) is 22.7 Å². The quantitative estimate of drug-likeness (QED) is 0.193. The van der Waals surface area contributed by atoms with Crippen LogP contribution in [-0.2, 0) is 19.6 Å². The monoisotopic (exact) mass is 575 g/mol. The Labute approximate surface area is 240 Å². The van der Waals surface area contributed by atoms with Gasteiger partial charge in [0.2, 0.25) is 0 Å². The van der Waals surface area contributed by atoms with Crippen LogP contribution in [0, 0.1) is 0 Å². The molecule has 0 unspecified atom stereocenters. The number of nitrogens with zero attached hydrogens (tertiary/aromatic N) is 2. The van der Waals surface area contributed by atoms with Gasteiger partial charge in [-0.25, -0.2) is 9.97 Å². The first kappa shape index (κ1) is 28.9. The number of carbonyl (C=O) groups is 1. The maximum Gasteiger partial charge on any atom is 0.180 e. The van der Waals surface area contributed by atoms with E-state index in [9.17, 15) is 9.90 Å². The first-order chi connectivity index (χ1) is 19.4. The van der Waals surface area contributed by atoms with Gasteiger partial charge in [0.1, 0.15) is 16.5 Å². The Hall–Kier alpha value is -4.09. The number of benzene rings is 3. The molecule has 0 saturated carbocycles. The Morgan fingerprint density at radius 1 is 0.800 bits per heavy atom. The van der Waals surface area contributed by atoms with Crippen molar-refractivity contribution < 1.29 is 24.5 Å². The molecule has 0 atom stereocenters. The molecule has 0 fully saturated rings. The fourth-order valence-corrected chi connectivity index (χ4v) is 5.24. The van der Waals surface area contributed by atoms with Gasteiger partial charge < -0.3 is 25.4 Å². The van der Waals surface area contributed by atoms with Gasteiger partial charge in [0, 0.05) is 27.5 Å². The van der Waals surface area contributed by atoms with Crippen LogP contribution in [0.15, 0.2) is 77.5 Å². The third-order valence-corrected chi connectivity index (χ3v) is 7.45. The van der Waals surface area contributed by atoms with E-state index in [2.05, 4.69) is 9.97 Å². The molecule has 0 spiro atoms. The largest absolute Gasteiger partial charge is 0.496 e. The van der Waals surface area contributed by atoms with Gasteiger partial charge in [-0.3, -0.25) is 4.79 Å². The summed E-state index contributed by atoms with van der Waals surface area (Å²) in [6, 6.07) is 20.2. The molecule has 2 heterocycles. The summed E-state index contributed by atoms with van der Waals surface area (Å²) in [6.45, 7) is -0.0413. The number of hydrogen-bond acceptors (Lipinski definition) is 10. The number of Topliss-reactive ketones (excluding diaryl/α,β-unsaturated/α-hetero) is 1. The summed E-state index contributed by atoms with van der Waals surface area (Å²) < 4.78 is 10.7.